The van der Waals surface area contributed by atoms with E-state index in [0.29, 0.717) is 5.92 Å². The van der Waals surface area contributed by atoms with Gasteiger partial charge in [-0.3, -0.25) is 0 Å². The third-order valence-corrected chi connectivity index (χ3v) is 3.46. The van der Waals surface area contributed by atoms with E-state index in [0.717, 1.165) is 45.2 Å². The molecule has 3 heteroatoms. The van der Waals surface area contributed by atoms with Crippen molar-refractivity contribution in [2.75, 3.05) is 32.8 Å². The van der Waals surface area contributed by atoms with Gasteiger partial charge in [0.15, 0.2) is 0 Å². The van der Waals surface area contributed by atoms with E-state index in [4.69, 9.17) is 4.74 Å². The molecule has 0 aromatic heterocycles. The summed E-state index contributed by atoms with van der Waals surface area (Å²) in [6, 6.07) is 0. The number of aliphatic hydroxyl groups excluding tert-OH is 1. The second kappa shape index (κ2) is 4.60. The Bertz CT molecular complexity index is 180. The third kappa shape index (κ3) is 2.47. The number of hydrogen-bond acceptors (Lipinski definition) is 3. The highest BCUT2D eigenvalue weighted by Crippen LogP contribution is 2.20. The summed E-state index contributed by atoms with van der Waals surface area (Å²) in [4.78, 5) is 2.38. The van der Waals surface area contributed by atoms with Gasteiger partial charge in [0.2, 0.25) is 0 Å². The van der Waals surface area contributed by atoms with Crippen molar-refractivity contribution in [1.82, 2.24) is 4.90 Å². The van der Waals surface area contributed by atoms with Crippen molar-refractivity contribution < 1.29 is 9.84 Å². The Kier molecular flexibility index (Phi) is 3.42. The summed E-state index contributed by atoms with van der Waals surface area (Å²) in [5, 5.41) is 9.97. The Hall–Kier alpha value is -0.120. The molecule has 0 aliphatic carbocycles. The SMILES string of the molecule is CC1CCN(CC(O)C2CCOC2)C1. The van der Waals surface area contributed by atoms with Crippen molar-refractivity contribution in [3.63, 3.8) is 0 Å². The van der Waals surface area contributed by atoms with Gasteiger partial charge in [0.1, 0.15) is 0 Å². The Balaban J connectivity index is 1.73. The van der Waals surface area contributed by atoms with Crippen LogP contribution in [-0.2, 0) is 4.74 Å². The molecule has 2 saturated heterocycles. The molecule has 2 fully saturated rings. The predicted molar refractivity (Wildman–Crippen MR) is 55.2 cm³/mol. The standard InChI is InChI=1S/C11H21NO2/c1-9-2-4-12(6-9)7-11(13)10-3-5-14-8-10/h9-11,13H,2-8H2,1H3. The Morgan fingerprint density at radius 1 is 1.50 bits per heavy atom. The molecule has 3 nitrogen and oxygen atoms in total. The van der Waals surface area contributed by atoms with Gasteiger partial charge in [-0.05, 0) is 25.3 Å². The summed E-state index contributed by atoms with van der Waals surface area (Å²) < 4.78 is 5.29. The predicted octanol–water partition coefficient (Wildman–Crippen LogP) is 0.726. The maximum Gasteiger partial charge on any atom is 0.0718 e. The van der Waals surface area contributed by atoms with Crippen LogP contribution in [0.3, 0.4) is 0 Å². The Morgan fingerprint density at radius 3 is 2.93 bits per heavy atom. The highest BCUT2D eigenvalue weighted by atomic mass is 16.5. The fraction of sp³-hybridized carbons (Fsp3) is 1.00. The van der Waals surface area contributed by atoms with Crippen LogP contribution < -0.4 is 0 Å². The molecule has 0 bridgehead atoms. The van der Waals surface area contributed by atoms with Gasteiger partial charge < -0.3 is 14.7 Å². The van der Waals surface area contributed by atoms with Gasteiger partial charge in [-0.2, -0.15) is 0 Å². The Morgan fingerprint density at radius 2 is 2.36 bits per heavy atom. The first-order chi connectivity index (χ1) is 6.75. The lowest BCUT2D eigenvalue weighted by Gasteiger charge is -2.23. The van der Waals surface area contributed by atoms with Crippen LogP contribution in [0.25, 0.3) is 0 Å². The average molecular weight is 199 g/mol. The lowest BCUT2D eigenvalue weighted by Crippen LogP contribution is -2.35. The third-order valence-electron chi connectivity index (χ3n) is 3.46. The number of likely N-dealkylation sites (tertiary alicyclic amines) is 1. The minimum atomic E-state index is -0.178. The highest BCUT2D eigenvalue weighted by molar-refractivity contribution is 4.79. The van der Waals surface area contributed by atoms with Gasteiger partial charge in [0.25, 0.3) is 0 Å². The molecule has 0 spiro atoms. The van der Waals surface area contributed by atoms with Crippen LogP contribution in [0.15, 0.2) is 0 Å². The molecule has 2 heterocycles. The minimum absolute atomic E-state index is 0.178. The molecule has 0 saturated carbocycles. The van der Waals surface area contributed by atoms with Crippen LogP contribution >= 0.6 is 0 Å². The van der Waals surface area contributed by atoms with E-state index >= 15 is 0 Å². The van der Waals surface area contributed by atoms with Crippen molar-refractivity contribution in [2.24, 2.45) is 11.8 Å². The first kappa shape index (κ1) is 10.4. The zero-order valence-electron chi connectivity index (χ0n) is 8.98. The molecule has 0 radical (unpaired) electrons. The minimum Gasteiger partial charge on any atom is -0.391 e. The number of ether oxygens (including phenoxy) is 1. The van der Waals surface area contributed by atoms with Crippen LogP contribution in [0.5, 0.6) is 0 Å². The van der Waals surface area contributed by atoms with Gasteiger partial charge >= 0.3 is 0 Å². The van der Waals surface area contributed by atoms with Crippen LogP contribution in [0, 0.1) is 11.8 Å². The molecule has 0 aromatic carbocycles. The van der Waals surface area contributed by atoms with Gasteiger partial charge in [0, 0.05) is 25.6 Å². The second-order valence-electron chi connectivity index (χ2n) is 4.84. The summed E-state index contributed by atoms with van der Waals surface area (Å²) >= 11 is 0. The zero-order valence-corrected chi connectivity index (χ0v) is 8.98. The molecule has 1 N–H and O–H groups in total. The molecular weight excluding hydrogens is 178 g/mol. The molecule has 0 aromatic rings. The number of β-amino-alcohol motifs (C(OH)–C–C–N with tert-alkyl or cyclic N) is 1. The number of nitrogens with zero attached hydrogens (tertiary/aromatic N) is 1. The maximum atomic E-state index is 9.97. The fourth-order valence-corrected chi connectivity index (χ4v) is 2.46. The normalized spacial score (nSPS) is 36.4. The van der Waals surface area contributed by atoms with Crippen molar-refractivity contribution in [3.05, 3.63) is 0 Å². The highest BCUT2D eigenvalue weighted by Gasteiger charge is 2.27. The van der Waals surface area contributed by atoms with Crippen molar-refractivity contribution in [2.45, 2.75) is 25.9 Å². The molecule has 3 atom stereocenters. The summed E-state index contributed by atoms with van der Waals surface area (Å²) in [7, 11) is 0. The van der Waals surface area contributed by atoms with Gasteiger partial charge in [-0.25, -0.2) is 0 Å². The van der Waals surface area contributed by atoms with E-state index in [-0.39, 0.29) is 6.10 Å². The first-order valence-corrected chi connectivity index (χ1v) is 5.74. The summed E-state index contributed by atoms with van der Waals surface area (Å²) in [5.74, 6) is 1.19. The van der Waals surface area contributed by atoms with Crippen LogP contribution in [0.2, 0.25) is 0 Å². The molecule has 3 unspecified atom stereocenters. The fourth-order valence-electron chi connectivity index (χ4n) is 2.46. The number of hydrogen-bond donors (Lipinski definition) is 1. The van der Waals surface area contributed by atoms with E-state index in [1.165, 1.54) is 6.42 Å². The van der Waals surface area contributed by atoms with E-state index in [1.54, 1.807) is 0 Å². The lowest BCUT2D eigenvalue weighted by molar-refractivity contribution is 0.0620. The van der Waals surface area contributed by atoms with E-state index < -0.39 is 0 Å². The van der Waals surface area contributed by atoms with E-state index in [9.17, 15) is 5.11 Å². The largest absolute Gasteiger partial charge is 0.391 e. The second-order valence-corrected chi connectivity index (χ2v) is 4.84. The maximum absolute atomic E-state index is 9.97. The van der Waals surface area contributed by atoms with Gasteiger partial charge in [0.05, 0.1) is 12.7 Å². The monoisotopic (exact) mass is 199 g/mol. The number of aliphatic hydroxyl groups is 1. The smallest absolute Gasteiger partial charge is 0.0718 e. The van der Waals surface area contributed by atoms with Crippen LogP contribution in [0.1, 0.15) is 19.8 Å². The molecule has 0 amide bonds. The van der Waals surface area contributed by atoms with Crippen LogP contribution in [-0.4, -0.2) is 49.0 Å². The summed E-state index contributed by atoms with van der Waals surface area (Å²) in [6.45, 7) is 7.03. The average Bonchev–Trinajstić information content (AvgIpc) is 2.75. The number of rotatable bonds is 3. The molecule has 14 heavy (non-hydrogen) atoms. The summed E-state index contributed by atoms with van der Waals surface area (Å²) in [5.41, 5.74) is 0. The van der Waals surface area contributed by atoms with Gasteiger partial charge in [-0.15, -0.1) is 0 Å². The topological polar surface area (TPSA) is 32.7 Å². The molecule has 2 aliphatic heterocycles. The van der Waals surface area contributed by atoms with Gasteiger partial charge in [-0.1, -0.05) is 6.92 Å². The molecule has 2 aliphatic rings. The molecular formula is C11H21NO2. The molecule has 2 rings (SSSR count). The van der Waals surface area contributed by atoms with Crippen molar-refractivity contribution in [1.29, 1.82) is 0 Å². The Labute approximate surface area is 86.0 Å². The van der Waals surface area contributed by atoms with E-state index in [1.807, 2.05) is 0 Å². The lowest BCUT2D eigenvalue weighted by atomic mass is 10.0. The molecule has 82 valence electrons. The first-order valence-electron chi connectivity index (χ1n) is 5.74. The zero-order chi connectivity index (χ0) is 9.97. The van der Waals surface area contributed by atoms with Crippen LogP contribution in [0.4, 0.5) is 0 Å². The van der Waals surface area contributed by atoms with Crippen molar-refractivity contribution in [3.8, 4) is 0 Å². The quantitative estimate of drug-likeness (QED) is 0.727. The van der Waals surface area contributed by atoms with E-state index in [2.05, 4.69) is 11.8 Å². The summed E-state index contributed by atoms with van der Waals surface area (Å²) in [6.07, 6.45) is 2.14. The van der Waals surface area contributed by atoms with Crippen molar-refractivity contribution >= 4 is 0 Å².